The van der Waals surface area contributed by atoms with Crippen molar-refractivity contribution < 1.29 is 0 Å². The van der Waals surface area contributed by atoms with Crippen LogP contribution in [0.4, 0.5) is 10.8 Å². The Balaban J connectivity index is 1.87. The molecule has 0 bridgehead atoms. The first-order chi connectivity index (χ1) is 11.1. The number of thiazole rings is 1. The summed E-state index contributed by atoms with van der Waals surface area (Å²) in [7, 11) is 0. The number of nitrogens with zero attached hydrogens (tertiary/aromatic N) is 1. The molecule has 23 heavy (non-hydrogen) atoms. The van der Waals surface area contributed by atoms with Gasteiger partial charge >= 0.3 is 0 Å². The first kappa shape index (κ1) is 16.0. The highest BCUT2D eigenvalue weighted by Gasteiger charge is 2.15. The molecule has 0 saturated carbocycles. The number of thiophene rings is 1. The number of benzene rings is 1. The molecule has 0 atom stereocenters. The molecule has 3 rings (SSSR count). The van der Waals surface area contributed by atoms with Gasteiger partial charge in [-0.15, -0.1) is 34.4 Å². The van der Waals surface area contributed by atoms with Crippen molar-refractivity contribution in [3.63, 3.8) is 0 Å². The van der Waals surface area contributed by atoms with Crippen LogP contribution in [0.3, 0.4) is 0 Å². The maximum atomic E-state index is 7.60. The molecule has 7 heteroatoms. The summed E-state index contributed by atoms with van der Waals surface area (Å²) in [4.78, 5) is 5.45. The summed E-state index contributed by atoms with van der Waals surface area (Å²) in [5, 5.41) is 13.8. The standard InChI is InChI=1S/C16H16N4S3/c1-9-3-5-10(6-4-9)19-16-20-12(8-22-16)11-7-13(14(17)18)23-15(11)21-2/h3-8H,1-2H3,(H3,17,18)(H,19,20). The normalized spacial score (nSPS) is 10.7. The predicted molar refractivity (Wildman–Crippen MR) is 103 cm³/mol. The van der Waals surface area contributed by atoms with Crippen LogP contribution in [0.1, 0.15) is 10.4 Å². The van der Waals surface area contributed by atoms with Gasteiger partial charge in [0.05, 0.1) is 14.8 Å². The Morgan fingerprint density at radius 3 is 2.70 bits per heavy atom. The number of nitrogens with one attached hydrogen (secondary N) is 2. The summed E-state index contributed by atoms with van der Waals surface area (Å²) in [6.45, 7) is 2.07. The highest BCUT2D eigenvalue weighted by atomic mass is 32.2. The monoisotopic (exact) mass is 360 g/mol. The minimum atomic E-state index is 0.102. The molecule has 2 heterocycles. The van der Waals surface area contributed by atoms with Crippen LogP contribution in [-0.4, -0.2) is 17.1 Å². The van der Waals surface area contributed by atoms with Crippen molar-refractivity contribution >= 4 is 51.1 Å². The van der Waals surface area contributed by atoms with E-state index in [1.165, 1.54) is 16.9 Å². The number of nitrogens with two attached hydrogens (primary N) is 1. The Hall–Kier alpha value is -1.83. The van der Waals surface area contributed by atoms with E-state index in [0.717, 1.165) is 31.2 Å². The van der Waals surface area contributed by atoms with Crippen molar-refractivity contribution in [2.45, 2.75) is 11.1 Å². The molecule has 0 saturated heterocycles. The minimum Gasteiger partial charge on any atom is -0.383 e. The maximum Gasteiger partial charge on any atom is 0.187 e. The lowest BCUT2D eigenvalue weighted by Gasteiger charge is -2.02. The van der Waals surface area contributed by atoms with Crippen molar-refractivity contribution in [3.05, 3.63) is 46.2 Å². The maximum absolute atomic E-state index is 7.60. The lowest BCUT2D eigenvalue weighted by Crippen LogP contribution is -2.08. The fourth-order valence-corrected chi connectivity index (χ4v) is 4.53. The molecule has 4 nitrogen and oxygen atoms in total. The van der Waals surface area contributed by atoms with Crippen molar-refractivity contribution in [2.75, 3.05) is 11.6 Å². The molecule has 0 aliphatic heterocycles. The Morgan fingerprint density at radius 1 is 1.30 bits per heavy atom. The third-order valence-corrected chi connectivity index (χ3v) is 6.29. The highest BCUT2D eigenvalue weighted by Crippen LogP contribution is 2.39. The second kappa shape index (κ2) is 6.74. The van der Waals surface area contributed by atoms with E-state index in [1.54, 1.807) is 23.1 Å². The molecule has 0 aliphatic carbocycles. The van der Waals surface area contributed by atoms with E-state index < -0.39 is 0 Å². The fraction of sp³-hybridized carbons (Fsp3) is 0.125. The second-order valence-corrected chi connectivity index (χ2v) is 7.94. The quantitative estimate of drug-likeness (QED) is 0.343. The summed E-state index contributed by atoms with van der Waals surface area (Å²) in [5.41, 5.74) is 9.82. The molecule has 2 aromatic heterocycles. The lowest BCUT2D eigenvalue weighted by atomic mass is 10.2. The first-order valence-corrected chi connectivity index (χ1v) is 9.80. The third-order valence-electron chi connectivity index (χ3n) is 3.23. The molecule has 4 N–H and O–H groups in total. The number of aromatic nitrogens is 1. The van der Waals surface area contributed by atoms with E-state index in [-0.39, 0.29) is 5.84 Å². The molecule has 1 aromatic carbocycles. The zero-order valence-electron chi connectivity index (χ0n) is 12.7. The van der Waals surface area contributed by atoms with Crippen molar-refractivity contribution in [2.24, 2.45) is 5.73 Å². The van der Waals surface area contributed by atoms with Gasteiger partial charge in [0.25, 0.3) is 0 Å². The van der Waals surface area contributed by atoms with Crippen LogP contribution < -0.4 is 11.1 Å². The number of hydrogen-bond donors (Lipinski definition) is 3. The van der Waals surface area contributed by atoms with Crippen molar-refractivity contribution in [1.82, 2.24) is 4.98 Å². The van der Waals surface area contributed by atoms with Crippen molar-refractivity contribution in [1.29, 1.82) is 5.41 Å². The van der Waals surface area contributed by atoms with Gasteiger partial charge in [-0.3, -0.25) is 5.41 Å². The molecule has 0 aliphatic rings. The predicted octanol–water partition coefficient (Wildman–Crippen LogP) is 4.93. The summed E-state index contributed by atoms with van der Waals surface area (Å²) in [6.07, 6.45) is 2.02. The molecule has 0 fully saturated rings. The number of aryl methyl sites for hydroxylation is 1. The van der Waals surface area contributed by atoms with Crippen LogP contribution in [0.5, 0.6) is 0 Å². The Morgan fingerprint density at radius 2 is 2.04 bits per heavy atom. The molecule has 118 valence electrons. The number of thioether (sulfide) groups is 1. The van der Waals surface area contributed by atoms with Gasteiger partial charge < -0.3 is 11.1 Å². The lowest BCUT2D eigenvalue weighted by molar-refractivity contribution is 1.37. The number of anilines is 2. The molecular weight excluding hydrogens is 344 g/mol. The number of hydrogen-bond acceptors (Lipinski definition) is 6. The largest absolute Gasteiger partial charge is 0.383 e. The van der Waals surface area contributed by atoms with Gasteiger partial charge in [-0.25, -0.2) is 4.98 Å². The SMILES string of the molecule is CSc1sc(C(=N)N)cc1-c1csc(Nc2ccc(C)cc2)n1. The number of rotatable bonds is 5. The van der Waals surface area contributed by atoms with E-state index in [1.807, 2.05) is 29.8 Å². The van der Waals surface area contributed by atoms with Crippen LogP contribution in [0.15, 0.2) is 39.9 Å². The van der Waals surface area contributed by atoms with Crippen LogP contribution >= 0.6 is 34.4 Å². The summed E-state index contributed by atoms with van der Waals surface area (Å²) in [5.74, 6) is 0.102. The summed E-state index contributed by atoms with van der Waals surface area (Å²) >= 11 is 4.76. The van der Waals surface area contributed by atoms with Gasteiger partial charge in [0, 0.05) is 16.6 Å². The number of nitrogen functional groups attached to an aromatic ring is 1. The highest BCUT2D eigenvalue weighted by molar-refractivity contribution is 8.00. The van der Waals surface area contributed by atoms with Gasteiger partial charge in [-0.1, -0.05) is 17.7 Å². The van der Waals surface area contributed by atoms with E-state index in [4.69, 9.17) is 11.1 Å². The zero-order chi connectivity index (χ0) is 16.4. The molecule has 0 radical (unpaired) electrons. The van der Waals surface area contributed by atoms with Gasteiger partial charge in [-0.2, -0.15) is 0 Å². The van der Waals surface area contributed by atoms with Gasteiger partial charge in [0.2, 0.25) is 0 Å². The average Bonchev–Trinajstić information content (AvgIpc) is 3.15. The van der Waals surface area contributed by atoms with Crippen molar-refractivity contribution in [3.8, 4) is 11.3 Å². The van der Waals surface area contributed by atoms with E-state index in [2.05, 4.69) is 29.4 Å². The second-order valence-electron chi connectivity index (χ2n) is 4.96. The zero-order valence-corrected chi connectivity index (χ0v) is 15.2. The van der Waals surface area contributed by atoms with Crippen LogP contribution in [0.2, 0.25) is 0 Å². The first-order valence-electron chi connectivity index (χ1n) is 6.88. The van der Waals surface area contributed by atoms with E-state index in [0.29, 0.717) is 0 Å². The minimum absolute atomic E-state index is 0.102. The fourth-order valence-electron chi connectivity index (χ4n) is 2.05. The Bertz CT molecular complexity index is 833. The number of amidine groups is 1. The average molecular weight is 361 g/mol. The van der Waals surface area contributed by atoms with E-state index in [9.17, 15) is 0 Å². The Kier molecular flexibility index (Phi) is 4.70. The summed E-state index contributed by atoms with van der Waals surface area (Å²) in [6, 6.07) is 10.2. The summed E-state index contributed by atoms with van der Waals surface area (Å²) < 4.78 is 1.13. The van der Waals surface area contributed by atoms with Gasteiger partial charge in [0.15, 0.2) is 5.13 Å². The van der Waals surface area contributed by atoms with Crippen LogP contribution in [0, 0.1) is 12.3 Å². The molecule has 0 spiro atoms. The smallest absolute Gasteiger partial charge is 0.187 e. The van der Waals surface area contributed by atoms with Gasteiger partial charge in [-0.05, 0) is 31.4 Å². The molecule has 0 amide bonds. The van der Waals surface area contributed by atoms with Crippen LogP contribution in [-0.2, 0) is 0 Å². The van der Waals surface area contributed by atoms with Gasteiger partial charge in [0.1, 0.15) is 5.84 Å². The topological polar surface area (TPSA) is 74.8 Å². The third kappa shape index (κ3) is 3.57. The Labute approximate surface area is 147 Å². The molecular formula is C16H16N4S3. The molecule has 0 unspecified atom stereocenters. The molecule has 3 aromatic rings. The van der Waals surface area contributed by atoms with E-state index >= 15 is 0 Å². The van der Waals surface area contributed by atoms with Crippen LogP contribution in [0.25, 0.3) is 11.3 Å².